The van der Waals surface area contributed by atoms with Crippen LogP contribution in [0.4, 0.5) is 0 Å². The quantitative estimate of drug-likeness (QED) is 0.407. The first-order valence-electron chi connectivity index (χ1n) is 12.4. The van der Waals surface area contributed by atoms with Gasteiger partial charge in [-0.25, -0.2) is 4.98 Å². The van der Waals surface area contributed by atoms with Crippen LogP contribution in [0, 0.1) is 18.8 Å². The summed E-state index contributed by atoms with van der Waals surface area (Å²) in [6.07, 6.45) is 5.27. The summed E-state index contributed by atoms with van der Waals surface area (Å²) in [5, 5.41) is 1.14. The average Bonchev–Trinajstić information content (AvgIpc) is 2.84. The largest absolute Gasteiger partial charge is 0.332 e. The number of hydrogen-bond donors (Lipinski definition) is 0. The summed E-state index contributed by atoms with van der Waals surface area (Å²) in [4.78, 5) is 34.5. The van der Waals surface area contributed by atoms with Gasteiger partial charge in [0.1, 0.15) is 5.82 Å². The predicted octanol–water partition coefficient (Wildman–Crippen LogP) is 6.47. The predicted molar refractivity (Wildman–Crippen MR) is 139 cm³/mol. The molecule has 3 aromatic rings. The highest BCUT2D eigenvalue weighted by Gasteiger charge is 2.32. The van der Waals surface area contributed by atoms with Crippen LogP contribution in [0.15, 0.2) is 47.3 Å². The summed E-state index contributed by atoms with van der Waals surface area (Å²) in [7, 11) is 0. The Kier molecular flexibility index (Phi) is 7.42. The highest BCUT2D eigenvalue weighted by molar-refractivity contribution is 6.31. The van der Waals surface area contributed by atoms with Crippen LogP contribution < -0.4 is 5.56 Å². The molecule has 0 spiro atoms. The Bertz CT molecular complexity index is 1240. The van der Waals surface area contributed by atoms with E-state index < -0.39 is 0 Å². The molecule has 180 valence electrons. The Morgan fingerprint density at radius 2 is 1.79 bits per heavy atom. The lowest BCUT2D eigenvalue weighted by Gasteiger charge is -2.35. The molecule has 34 heavy (non-hydrogen) atoms. The molecule has 1 atom stereocenters. The van der Waals surface area contributed by atoms with Crippen molar-refractivity contribution in [3.8, 4) is 5.69 Å². The molecule has 4 rings (SSSR count). The van der Waals surface area contributed by atoms with E-state index >= 15 is 0 Å². The Hall–Kier alpha value is -2.66. The van der Waals surface area contributed by atoms with Gasteiger partial charge in [0.25, 0.3) is 5.56 Å². The van der Waals surface area contributed by atoms with Gasteiger partial charge in [-0.05, 0) is 62.4 Å². The summed E-state index contributed by atoms with van der Waals surface area (Å²) in [5.74, 6) is 1.09. The fraction of sp³-hybridized carbons (Fsp3) is 0.464. The number of hydrogen-bond acceptors (Lipinski definition) is 3. The molecule has 0 bridgehead atoms. The highest BCUT2D eigenvalue weighted by atomic mass is 35.5. The van der Waals surface area contributed by atoms with Gasteiger partial charge in [0.2, 0.25) is 5.91 Å². The topological polar surface area (TPSA) is 55.2 Å². The molecule has 0 N–H and O–H groups in total. The molecule has 1 saturated carbocycles. The third-order valence-corrected chi connectivity index (χ3v) is 7.33. The number of aromatic nitrogens is 2. The van der Waals surface area contributed by atoms with Gasteiger partial charge in [-0.3, -0.25) is 14.2 Å². The van der Waals surface area contributed by atoms with Crippen molar-refractivity contribution in [3.05, 3.63) is 69.2 Å². The standard InChI is InChI=1S/C28H34ClN3O2/c1-18(2)17-31(27(33)21-11-6-5-7-12-21)20(4)26-30-24-15-9-8-13-22(24)28(34)32(26)25-16-10-14-23(29)19(25)3/h8-10,13-16,18,20-21H,5-7,11-12,17H2,1-4H3. The number of para-hydroxylation sites is 1. The fourth-order valence-electron chi connectivity index (χ4n) is 5.06. The zero-order chi connectivity index (χ0) is 24.4. The minimum Gasteiger partial charge on any atom is -0.332 e. The second-order valence-electron chi connectivity index (χ2n) is 9.91. The SMILES string of the molecule is Cc1c(Cl)cccc1-n1c(C(C)N(CC(C)C)C(=O)C2CCCCC2)nc2ccccc2c1=O. The zero-order valence-corrected chi connectivity index (χ0v) is 21.3. The number of fused-ring (bicyclic) bond motifs is 1. The summed E-state index contributed by atoms with van der Waals surface area (Å²) in [6.45, 7) is 8.77. The van der Waals surface area contributed by atoms with Crippen molar-refractivity contribution in [3.63, 3.8) is 0 Å². The number of benzene rings is 2. The van der Waals surface area contributed by atoms with Crippen LogP contribution in [0.5, 0.6) is 0 Å². The van der Waals surface area contributed by atoms with Gasteiger partial charge in [-0.2, -0.15) is 0 Å². The maximum atomic E-state index is 13.8. The van der Waals surface area contributed by atoms with E-state index in [0.717, 1.165) is 31.2 Å². The van der Waals surface area contributed by atoms with E-state index in [4.69, 9.17) is 16.6 Å². The average molecular weight is 480 g/mol. The van der Waals surface area contributed by atoms with Gasteiger partial charge >= 0.3 is 0 Å². The summed E-state index contributed by atoms with van der Waals surface area (Å²) in [6, 6.07) is 12.6. The van der Waals surface area contributed by atoms with Gasteiger partial charge in [0.05, 0.1) is 22.6 Å². The molecule has 1 aliphatic carbocycles. The van der Waals surface area contributed by atoms with E-state index in [1.165, 1.54) is 6.42 Å². The molecule has 0 saturated heterocycles. The minimum absolute atomic E-state index is 0.0449. The van der Waals surface area contributed by atoms with Crippen LogP contribution in [0.3, 0.4) is 0 Å². The van der Waals surface area contributed by atoms with Gasteiger partial charge in [-0.15, -0.1) is 0 Å². The Morgan fingerprint density at radius 3 is 2.50 bits per heavy atom. The molecule has 1 unspecified atom stereocenters. The number of amides is 1. The molecule has 5 nitrogen and oxygen atoms in total. The monoisotopic (exact) mass is 479 g/mol. The van der Waals surface area contributed by atoms with Crippen LogP contribution in [-0.2, 0) is 4.79 Å². The molecule has 2 aromatic carbocycles. The molecule has 1 aliphatic rings. The van der Waals surface area contributed by atoms with Crippen LogP contribution in [-0.4, -0.2) is 26.9 Å². The molecule has 1 heterocycles. The van der Waals surface area contributed by atoms with Crippen molar-refractivity contribution < 1.29 is 4.79 Å². The molecule has 0 aliphatic heterocycles. The Morgan fingerprint density at radius 1 is 1.09 bits per heavy atom. The summed E-state index contributed by atoms with van der Waals surface area (Å²) < 4.78 is 1.66. The molecule has 6 heteroatoms. The third kappa shape index (κ3) is 4.76. The second kappa shape index (κ2) is 10.3. The number of carbonyl (C=O) groups excluding carboxylic acids is 1. The Balaban J connectivity index is 1.91. The highest BCUT2D eigenvalue weighted by Crippen LogP contribution is 2.31. The maximum Gasteiger partial charge on any atom is 0.266 e. The van der Waals surface area contributed by atoms with Crippen molar-refractivity contribution in [2.45, 2.75) is 65.8 Å². The molecule has 1 fully saturated rings. The smallest absolute Gasteiger partial charge is 0.266 e. The lowest BCUT2D eigenvalue weighted by molar-refractivity contribution is -0.139. The van der Waals surface area contributed by atoms with Crippen molar-refractivity contribution in [2.75, 3.05) is 6.54 Å². The number of carbonyl (C=O) groups is 1. The first-order valence-corrected chi connectivity index (χ1v) is 12.7. The number of rotatable bonds is 6. The van der Waals surface area contributed by atoms with Crippen molar-refractivity contribution >= 4 is 28.4 Å². The van der Waals surface area contributed by atoms with Gasteiger partial charge in [0, 0.05) is 17.5 Å². The van der Waals surface area contributed by atoms with Gasteiger partial charge in [-0.1, -0.05) is 62.9 Å². The van der Waals surface area contributed by atoms with Crippen molar-refractivity contribution in [2.24, 2.45) is 11.8 Å². The first kappa shape index (κ1) is 24.5. The molecule has 0 radical (unpaired) electrons. The van der Waals surface area contributed by atoms with Crippen LogP contribution in [0.1, 0.15) is 70.3 Å². The first-order chi connectivity index (χ1) is 16.3. The number of halogens is 1. The normalized spacial score (nSPS) is 15.6. The van der Waals surface area contributed by atoms with Crippen LogP contribution >= 0.6 is 11.6 Å². The lowest BCUT2D eigenvalue weighted by atomic mass is 9.87. The van der Waals surface area contributed by atoms with E-state index in [-0.39, 0.29) is 23.4 Å². The lowest BCUT2D eigenvalue weighted by Crippen LogP contribution is -2.43. The van der Waals surface area contributed by atoms with Crippen LogP contribution in [0.2, 0.25) is 5.02 Å². The third-order valence-electron chi connectivity index (χ3n) is 6.92. The molecule has 1 aromatic heterocycles. The van der Waals surface area contributed by atoms with Gasteiger partial charge in [0.15, 0.2) is 0 Å². The fourth-order valence-corrected chi connectivity index (χ4v) is 5.23. The minimum atomic E-state index is -0.368. The van der Waals surface area contributed by atoms with Gasteiger partial charge < -0.3 is 4.90 Å². The maximum absolute atomic E-state index is 13.8. The molecular formula is C28H34ClN3O2. The Labute approximate surface area is 206 Å². The summed E-state index contributed by atoms with van der Waals surface area (Å²) in [5.41, 5.74) is 2.00. The van der Waals surface area contributed by atoms with Crippen molar-refractivity contribution in [1.82, 2.24) is 14.5 Å². The van der Waals surface area contributed by atoms with Crippen molar-refractivity contribution in [1.29, 1.82) is 0 Å². The zero-order valence-electron chi connectivity index (χ0n) is 20.6. The van der Waals surface area contributed by atoms with E-state index in [0.29, 0.717) is 39.9 Å². The molecule has 1 amide bonds. The summed E-state index contributed by atoms with van der Waals surface area (Å²) >= 11 is 6.45. The van der Waals surface area contributed by atoms with E-state index in [1.54, 1.807) is 10.6 Å². The van der Waals surface area contributed by atoms with E-state index in [1.807, 2.05) is 55.1 Å². The second-order valence-corrected chi connectivity index (χ2v) is 10.3. The van der Waals surface area contributed by atoms with E-state index in [2.05, 4.69) is 13.8 Å². The molecular weight excluding hydrogens is 446 g/mol. The number of nitrogens with zero attached hydrogens (tertiary/aromatic N) is 3. The van der Waals surface area contributed by atoms with E-state index in [9.17, 15) is 9.59 Å². The van der Waals surface area contributed by atoms with Crippen LogP contribution in [0.25, 0.3) is 16.6 Å².